The zero-order chi connectivity index (χ0) is 20.6. The number of rotatable bonds is 2. The van der Waals surface area contributed by atoms with Crippen molar-refractivity contribution in [2.45, 2.75) is 32.6 Å². The summed E-state index contributed by atoms with van der Waals surface area (Å²) in [7, 11) is 1.68. The number of hydrogen-bond donors (Lipinski definition) is 1. The van der Waals surface area contributed by atoms with Crippen molar-refractivity contribution in [3.8, 4) is 11.8 Å². The number of carboxylic acid groups (broad SMARTS) is 1. The molecule has 0 aliphatic heterocycles. The van der Waals surface area contributed by atoms with Gasteiger partial charge in [0.2, 0.25) is 0 Å². The molecule has 0 spiro atoms. The molecule has 0 unspecified atom stereocenters. The van der Waals surface area contributed by atoms with Gasteiger partial charge >= 0.3 is 0 Å². The van der Waals surface area contributed by atoms with Crippen LogP contribution in [0.25, 0.3) is 5.57 Å². The van der Waals surface area contributed by atoms with Crippen molar-refractivity contribution in [3.63, 3.8) is 0 Å². The zero-order valence-corrected chi connectivity index (χ0v) is 16.8. The van der Waals surface area contributed by atoms with E-state index in [1.54, 1.807) is 13.4 Å². The average molecular weight is 374 g/mol. The van der Waals surface area contributed by atoms with E-state index in [1.807, 2.05) is 6.07 Å². The second kappa shape index (κ2) is 9.62. The van der Waals surface area contributed by atoms with Crippen molar-refractivity contribution in [3.05, 3.63) is 89.2 Å². The van der Waals surface area contributed by atoms with Crippen LogP contribution in [-0.2, 0) is 21.4 Å². The van der Waals surface area contributed by atoms with Gasteiger partial charge in [0, 0.05) is 18.1 Å². The Bertz CT molecular complexity index is 935. The maximum atomic E-state index is 9.00. The van der Waals surface area contributed by atoms with Crippen molar-refractivity contribution in [2.75, 3.05) is 7.11 Å². The first-order valence-corrected chi connectivity index (χ1v) is 9.14. The van der Waals surface area contributed by atoms with Gasteiger partial charge in [-0.15, -0.1) is 0 Å². The van der Waals surface area contributed by atoms with Gasteiger partial charge in [0.25, 0.3) is 5.97 Å². The molecule has 0 radical (unpaired) electrons. The van der Waals surface area contributed by atoms with Crippen LogP contribution in [0.3, 0.4) is 0 Å². The summed E-state index contributed by atoms with van der Waals surface area (Å²) < 4.78 is 5.20. The minimum atomic E-state index is -0.833. The van der Waals surface area contributed by atoms with Crippen LogP contribution in [0.15, 0.2) is 66.9 Å². The van der Waals surface area contributed by atoms with E-state index in [4.69, 9.17) is 14.6 Å². The highest BCUT2D eigenvalue weighted by Crippen LogP contribution is 2.27. The van der Waals surface area contributed by atoms with E-state index in [2.05, 4.69) is 80.3 Å². The summed E-state index contributed by atoms with van der Waals surface area (Å²) in [6, 6.07) is 16.9. The summed E-state index contributed by atoms with van der Waals surface area (Å²) in [5.41, 5.74) is 5.72. The number of aliphatic carboxylic acids is 1. The first-order valence-electron chi connectivity index (χ1n) is 9.14. The number of benzene rings is 2. The molecule has 0 atom stereocenters. The Morgan fingerprint density at radius 2 is 1.86 bits per heavy atom. The van der Waals surface area contributed by atoms with E-state index < -0.39 is 5.97 Å². The van der Waals surface area contributed by atoms with Gasteiger partial charge in [-0.3, -0.25) is 4.79 Å². The van der Waals surface area contributed by atoms with Crippen LogP contribution in [0.2, 0.25) is 0 Å². The van der Waals surface area contributed by atoms with Crippen molar-refractivity contribution in [1.82, 2.24) is 0 Å². The Morgan fingerprint density at radius 1 is 1.18 bits per heavy atom. The molecule has 1 aliphatic carbocycles. The average Bonchev–Trinajstić information content (AvgIpc) is 2.67. The molecule has 0 bridgehead atoms. The summed E-state index contributed by atoms with van der Waals surface area (Å²) in [5.74, 6) is 5.95. The predicted octanol–water partition coefficient (Wildman–Crippen LogP) is 5.21. The Balaban J connectivity index is 0.000000640. The quantitative estimate of drug-likeness (QED) is 0.580. The lowest BCUT2D eigenvalue weighted by molar-refractivity contribution is -0.134. The molecular weight excluding hydrogens is 348 g/mol. The fourth-order valence-corrected chi connectivity index (χ4v) is 2.89. The van der Waals surface area contributed by atoms with Gasteiger partial charge in [-0.1, -0.05) is 60.4 Å². The molecule has 144 valence electrons. The third-order valence-electron chi connectivity index (χ3n) is 4.32. The number of carboxylic acids is 1. The SMILES string of the molecule is CC(=O)O.COC=C1C=CCc2ccc(C#CC(C)(C)c3ccccc3)cc21. The van der Waals surface area contributed by atoms with Gasteiger partial charge in [0.05, 0.1) is 18.8 Å². The second-order valence-corrected chi connectivity index (χ2v) is 7.05. The van der Waals surface area contributed by atoms with Crippen LogP contribution in [0.5, 0.6) is 0 Å². The lowest BCUT2D eigenvalue weighted by atomic mass is 9.85. The third-order valence-corrected chi connectivity index (χ3v) is 4.32. The Labute approximate surface area is 167 Å². The molecule has 3 heteroatoms. The van der Waals surface area contributed by atoms with Crippen LogP contribution in [0.4, 0.5) is 0 Å². The lowest BCUT2D eigenvalue weighted by Crippen LogP contribution is -2.13. The van der Waals surface area contributed by atoms with Gasteiger partial charge in [-0.25, -0.2) is 0 Å². The minimum Gasteiger partial charge on any atom is -0.504 e. The van der Waals surface area contributed by atoms with Crippen molar-refractivity contribution in [1.29, 1.82) is 0 Å². The maximum absolute atomic E-state index is 9.00. The van der Waals surface area contributed by atoms with E-state index in [1.165, 1.54) is 16.7 Å². The van der Waals surface area contributed by atoms with Crippen molar-refractivity contribution >= 4 is 11.5 Å². The number of carbonyl (C=O) groups is 1. The molecule has 1 N–H and O–H groups in total. The molecule has 0 saturated carbocycles. The van der Waals surface area contributed by atoms with Gasteiger partial charge < -0.3 is 9.84 Å². The molecule has 0 saturated heterocycles. The number of hydrogen-bond acceptors (Lipinski definition) is 2. The van der Waals surface area contributed by atoms with Crippen LogP contribution in [0, 0.1) is 11.8 Å². The molecule has 0 heterocycles. The zero-order valence-electron chi connectivity index (χ0n) is 16.8. The first kappa shape index (κ1) is 21.1. The van der Waals surface area contributed by atoms with Crippen LogP contribution >= 0.6 is 0 Å². The number of methoxy groups -OCH3 is 1. The summed E-state index contributed by atoms with van der Waals surface area (Å²) in [6.45, 7) is 5.40. The third kappa shape index (κ3) is 5.89. The summed E-state index contributed by atoms with van der Waals surface area (Å²) >= 11 is 0. The van der Waals surface area contributed by atoms with Crippen molar-refractivity contribution < 1.29 is 14.6 Å². The highest BCUT2D eigenvalue weighted by molar-refractivity contribution is 5.78. The fraction of sp³-hybridized carbons (Fsp3) is 0.240. The smallest absolute Gasteiger partial charge is 0.300 e. The molecule has 3 rings (SSSR count). The topological polar surface area (TPSA) is 46.5 Å². The molecule has 0 amide bonds. The van der Waals surface area contributed by atoms with Gasteiger partial charge in [0.15, 0.2) is 0 Å². The van der Waals surface area contributed by atoms with E-state index in [-0.39, 0.29) is 5.41 Å². The molecule has 2 aromatic rings. The monoisotopic (exact) mass is 374 g/mol. The van der Waals surface area contributed by atoms with Gasteiger partial charge in [0.1, 0.15) is 0 Å². The Morgan fingerprint density at radius 3 is 2.50 bits per heavy atom. The Hall–Kier alpha value is -3.25. The first-order chi connectivity index (χ1) is 13.3. The van der Waals surface area contributed by atoms with E-state index in [9.17, 15) is 0 Å². The number of ether oxygens (including phenoxy) is 1. The van der Waals surface area contributed by atoms with Crippen molar-refractivity contribution in [2.24, 2.45) is 0 Å². The van der Waals surface area contributed by atoms with E-state index in [0.717, 1.165) is 24.5 Å². The van der Waals surface area contributed by atoms with Gasteiger partial charge in [-0.05, 0) is 49.1 Å². The molecular formula is C25H26O3. The van der Waals surface area contributed by atoms with Gasteiger partial charge in [-0.2, -0.15) is 0 Å². The van der Waals surface area contributed by atoms with E-state index in [0.29, 0.717) is 0 Å². The molecule has 3 nitrogen and oxygen atoms in total. The standard InChI is InChI=1S/C23H22O.C2H4O2/c1-23(2,21-10-5-4-6-11-21)15-14-18-12-13-19-8-7-9-20(17-24-3)22(19)16-18;1-2(3)4/h4-7,9-13,16-17H,8H2,1-3H3;1H3,(H,3,4). The number of fused-ring (bicyclic) bond motifs is 1. The van der Waals surface area contributed by atoms with E-state index >= 15 is 0 Å². The van der Waals surface area contributed by atoms with Crippen LogP contribution in [-0.4, -0.2) is 18.2 Å². The largest absolute Gasteiger partial charge is 0.504 e. The van der Waals surface area contributed by atoms with Crippen LogP contribution in [0.1, 0.15) is 43.0 Å². The molecule has 28 heavy (non-hydrogen) atoms. The second-order valence-electron chi connectivity index (χ2n) is 7.05. The minimum absolute atomic E-state index is 0.178. The Kier molecular flexibility index (Phi) is 7.23. The highest BCUT2D eigenvalue weighted by atomic mass is 16.5. The molecule has 0 fully saturated rings. The summed E-state index contributed by atoms with van der Waals surface area (Å²) in [6.07, 6.45) is 7.02. The maximum Gasteiger partial charge on any atom is 0.300 e. The predicted molar refractivity (Wildman–Crippen MR) is 114 cm³/mol. The normalized spacial score (nSPS) is 13.5. The summed E-state index contributed by atoms with van der Waals surface area (Å²) in [5, 5.41) is 7.42. The summed E-state index contributed by atoms with van der Waals surface area (Å²) in [4.78, 5) is 9.00. The fourth-order valence-electron chi connectivity index (χ4n) is 2.89. The number of allylic oxidation sites excluding steroid dienone is 3. The lowest BCUT2D eigenvalue weighted by Gasteiger charge is -2.18. The molecule has 0 aromatic heterocycles. The molecule has 2 aromatic carbocycles. The highest BCUT2D eigenvalue weighted by Gasteiger charge is 2.17. The van der Waals surface area contributed by atoms with Crippen LogP contribution < -0.4 is 0 Å². The molecule has 1 aliphatic rings.